The minimum Gasteiger partial charge on any atom is -0.352 e. The zero-order chi connectivity index (χ0) is 17.6. The molecule has 8 heteroatoms. The van der Waals surface area contributed by atoms with Crippen LogP contribution in [-0.4, -0.2) is 56.5 Å². The summed E-state index contributed by atoms with van der Waals surface area (Å²) in [5, 5.41) is 4.17. The number of imidazole rings is 1. The van der Waals surface area contributed by atoms with E-state index in [0.717, 1.165) is 42.8 Å². The van der Waals surface area contributed by atoms with Crippen molar-refractivity contribution in [1.29, 1.82) is 0 Å². The van der Waals surface area contributed by atoms with E-state index >= 15 is 0 Å². The second kappa shape index (κ2) is 10.1. The number of pyridine rings is 1. The minimum absolute atomic E-state index is 0. The molecule has 1 saturated heterocycles. The monoisotopic (exact) mass is 486 g/mol. The van der Waals surface area contributed by atoms with E-state index in [9.17, 15) is 0 Å². The highest BCUT2D eigenvalue weighted by molar-refractivity contribution is 14.0. The first-order chi connectivity index (χ1) is 12.2. The molecule has 0 saturated carbocycles. The van der Waals surface area contributed by atoms with Crippen molar-refractivity contribution >= 4 is 41.7 Å². The zero-order valence-corrected chi connectivity index (χ0v) is 18.7. The van der Waals surface area contributed by atoms with Crippen LogP contribution in [0.1, 0.15) is 24.7 Å². The summed E-state index contributed by atoms with van der Waals surface area (Å²) < 4.78 is 1.98. The van der Waals surface area contributed by atoms with Gasteiger partial charge in [0, 0.05) is 56.3 Å². The van der Waals surface area contributed by atoms with Crippen molar-refractivity contribution < 1.29 is 0 Å². The molecule has 1 N–H and O–H groups in total. The molecule has 0 aliphatic carbocycles. The summed E-state index contributed by atoms with van der Waals surface area (Å²) in [6.45, 7) is 7.08. The number of rotatable bonds is 4. The fourth-order valence-corrected chi connectivity index (χ4v) is 4.14. The predicted molar refractivity (Wildman–Crippen MR) is 120 cm³/mol. The van der Waals surface area contributed by atoms with Crippen molar-refractivity contribution in [3.05, 3.63) is 42.1 Å². The van der Waals surface area contributed by atoms with Crippen LogP contribution in [0, 0.1) is 6.92 Å². The lowest BCUT2D eigenvalue weighted by Crippen LogP contribution is -2.47. The fraction of sp³-hybridized carbons (Fsp3) is 0.500. The molecule has 0 radical (unpaired) electrons. The Morgan fingerprint density at radius 3 is 2.85 bits per heavy atom. The summed E-state index contributed by atoms with van der Waals surface area (Å²) in [5.74, 6) is 3.97. The summed E-state index contributed by atoms with van der Waals surface area (Å²) in [6, 6.07) is 4.13. The Labute approximate surface area is 176 Å². The summed E-state index contributed by atoms with van der Waals surface area (Å²) in [6.07, 6.45) is 6.83. The van der Waals surface area contributed by atoms with Crippen molar-refractivity contribution in [3.8, 4) is 5.82 Å². The van der Waals surface area contributed by atoms with Crippen molar-refractivity contribution in [2.45, 2.75) is 32.1 Å². The van der Waals surface area contributed by atoms with Crippen LogP contribution in [0.2, 0.25) is 0 Å². The molecule has 0 aromatic carbocycles. The van der Waals surface area contributed by atoms with Crippen molar-refractivity contribution in [2.24, 2.45) is 4.99 Å². The first kappa shape index (κ1) is 21.0. The Morgan fingerprint density at radius 2 is 2.23 bits per heavy atom. The van der Waals surface area contributed by atoms with E-state index in [1.807, 2.05) is 37.0 Å². The highest BCUT2D eigenvalue weighted by atomic mass is 127. The largest absolute Gasteiger partial charge is 0.352 e. The maximum Gasteiger partial charge on any atom is 0.193 e. The molecule has 142 valence electrons. The molecule has 2 aromatic heterocycles. The fourth-order valence-electron chi connectivity index (χ4n) is 2.96. The third-order valence-electron chi connectivity index (χ3n) is 4.44. The van der Waals surface area contributed by atoms with Gasteiger partial charge in [-0.25, -0.2) is 9.97 Å². The van der Waals surface area contributed by atoms with Crippen molar-refractivity contribution in [3.63, 3.8) is 0 Å². The first-order valence-corrected chi connectivity index (χ1v) is 9.78. The molecule has 1 atom stereocenters. The summed E-state index contributed by atoms with van der Waals surface area (Å²) in [5.41, 5.74) is 1.14. The van der Waals surface area contributed by atoms with Crippen LogP contribution in [0.3, 0.4) is 0 Å². The van der Waals surface area contributed by atoms with Crippen LogP contribution >= 0.6 is 35.7 Å². The number of hydrogen-bond acceptors (Lipinski definition) is 4. The summed E-state index contributed by atoms with van der Waals surface area (Å²) >= 11 is 2.07. The smallest absolute Gasteiger partial charge is 0.193 e. The molecular weight excluding hydrogens is 459 g/mol. The number of guanidine groups is 1. The highest BCUT2D eigenvalue weighted by Gasteiger charge is 2.21. The van der Waals surface area contributed by atoms with E-state index in [-0.39, 0.29) is 24.0 Å². The van der Waals surface area contributed by atoms with Gasteiger partial charge in [0.25, 0.3) is 0 Å². The standard InChI is InChI=1S/C18H26N6S.HI/c1-4-16-13-23(9-10-25-16)18(19-3)22-12-15-5-6-17(21-11-15)24-8-7-20-14(24)2;/h5-8,11,16H,4,9-10,12-13H2,1-3H3,(H,19,22);1H. The van der Waals surface area contributed by atoms with Gasteiger partial charge in [-0.05, 0) is 25.0 Å². The second-order valence-electron chi connectivity index (χ2n) is 6.12. The molecule has 2 aromatic rings. The number of aliphatic imine (C=N–C) groups is 1. The minimum atomic E-state index is 0. The van der Waals surface area contributed by atoms with Crippen molar-refractivity contribution in [1.82, 2.24) is 24.8 Å². The number of halogens is 1. The lowest BCUT2D eigenvalue weighted by Gasteiger charge is -2.34. The number of thioether (sulfide) groups is 1. The Bertz CT molecular complexity index is 715. The summed E-state index contributed by atoms with van der Waals surface area (Å²) in [4.78, 5) is 15.6. The van der Waals surface area contributed by atoms with Gasteiger partial charge in [-0.2, -0.15) is 11.8 Å². The maximum absolute atomic E-state index is 4.55. The van der Waals surface area contributed by atoms with Crippen LogP contribution < -0.4 is 5.32 Å². The normalized spacial score (nSPS) is 17.7. The molecule has 1 aliphatic heterocycles. The van der Waals surface area contributed by atoms with Gasteiger partial charge in [-0.15, -0.1) is 24.0 Å². The highest BCUT2D eigenvalue weighted by Crippen LogP contribution is 2.21. The van der Waals surface area contributed by atoms with Crippen LogP contribution in [0.5, 0.6) is 0 Å². The Hall–Kier alpha value is -1.29. The Balaban J connectivity index is 0.00000243. The molecule has 3 rings (SSSR count). The third-order valence-corrected chi connectivity index (χ3v) is 5.81. The van der Waals surface area contributed by atoms with Crippen LogP contribution in [0.25, 0.3) is 5.82 Å². The summed E-state index contributed by atoms with van der Waals surface area (Å²) in [7, 11) is 1.86. The van der Waals surface area contributed by atoms with E-state index in [2.05, 4.69) is 49.9 Å². The van der Waals surface area contributed by atoms with Gasteiger partial charge in [0.1, 0.15) is 11.6 Å². The van der Waals surface area contributed by atoms with Gasteiger partial charge in [-0.3, -0.25) is 9.56 Å². The maximum atomic E-state index is 4.55. The SMILES string of the molecule is CCC1CN(C(=NC)NCc2ccc(-n3ccnc3C)nc2)CCS1.I. The Morgan fingerprint density at radius 1 is 1.38 bits per heavy atom. The van der Waals surface area contributed by atoms with Gasteiger partial charge in [-0.1, -0.05) is 13.0 Å². The van der Waals surface area contributed by atoms with Crippen LogP contribution in [0.15, 0.2) is 35.7 Å². The molecule has 0 amide bonds. The van der Waals surface area contributed by atoms with E-state index in [1.54, 1.807) is 6.20 Å². The van der Waals surface area contributed by atoms with Gasteiger partial charge < -0.3 is 10.2 Å². The number of aryl methyl sites for hydroxylation is 1. The molecule has 1 fully saturated rings. The van der Waals surface area contributed by atoms with E-state index < -0.39 is 0 Å². The van der Waals surface area contributed by atoms with Crippen molar-refractivity contribution in [2.75, 3.05) is 25.9 Å². The lowest BCUT2D eigenvalue weighted by atomic mass is 10.2. The number of aromatic nitrogens is 3. The molecule has 0 bridgehead atoms. The quantitative estimate of drug-likeness (QED) is 0.409. The first-order valence-electron chi connectivity index (χ1n) is 8.73. The number of hydrogen-bond donors (Lipinski definition) is 1. The molecule has 6 nitrogen and oxygen atoms in total. The number of nitrogens with zero attached hydrogens (tertiary/aromatic N) is 5. The van der Waals surface area contributed by atoms with E-state index in [0.29, 0.717) is 5.25 Å². The van der Waals surface area contributed by atoms with Gasteiger partial charge in [0.15, 0.2) is 5.96 Å². The number of nitrogens with one attached hydrogen (secondary N) is 1. The molecule has 1 unspecified atom stereocenters. The lowest BCUT2D eigenvalue weighted by molar-refractivity contribution is 0.408. The third kappa shape index (κ3) is 5.12. The average Bonchev–Trinajstić information content (AvgIpc) is 3.09. The Kier molecular flexibility index (Phi) is 8.20. The topological polar surface area (TPSA) is 58.3 Å². The van der Waals surface area contributed by atoms with E-state index in [1.165, 1.54) is 12.2 Å². The predicted octanol–water partition coefficient (Wildman–Crippen LogP) is 3.10. The van der Waals surface area contributed by atoms with Gasteiger partial charge in [0.05, 0.1) is 0 Å². The average molecular weight is 486 g/mol. The molecular formula is C18H27IN6S. The second-order valence-corrected chi connectivity index (χ2v) is 7.53. The zero-order valence-electron chi connectivity index (χ0n) is 15.6. The molecule has 1 aliphatic rings. The molecule has 3 heterocycles. The molecule has 0 spiro atoms. The van der Waals surface area contributed by atoms with Crippen LogP contribution in [-0.2, 0) is 6.54 Å². The van der Waals surface area contributed by atoms with Gasteiger partial charge >= 0.3 is 0 Å². The van der Waals surface area contributed by atoms with E-state index in [4.69, 9.17) is 0 Å². The van der Waals surface area contributed by atoms with Gasteiger partial charge in [0.2, 0.25) is 0 Å². The van der Waals surface area contributed by atoms with Crippen LogP contribution in [0.4, 0.5) is 0 Å². The molecule has 26 heavy (non-hydrogen) atoms.